The number of pyridine rings is 1. The fraction of sp³-hybridized carbons (Fsp3) is 0.300. The molecule has 3 aromatic rings. The number of aromatic nitrogens is 1. The van der Waals surface area contributed by atoms with Gasteiger partial charge in [-0.1, -0.05) is 12.1 Å². The van der Waals surface area contributed by atoms with E-state index in [0.717, 1.165) is 5.52 Å². The van der Waals surface area contributed by atoms with Gasteiger partial charge in [-0.2, -0.15) is 0 Å². The van der Waals surface area contributed by atoms with Crippen molar-refractivity contribution in [3.05, 3.63) is 40.1 Å². The molecule has 28 heavy (non-hydrogen) atoms. The van der Waals surface area contributed by atoms with E-state index < -0.39 is 18.4 Å². The third kappa shape index (κ3) is 1.94. The molecule has 0 bridgehead atoms. The van der Waals surface area contributed by atoms with Crippen LogP contribution in [0.5, 0.6) is 17.2 Å². The topological polar surface area (TPSA) is 85.2 Å². The lowest BCUT2D eigenvalue weighted by molar-refractivity contribution is 0.114. The number of carbonyl (C=O) groups is 1. The smallest absolute Gasteiger partial charge is 0.492 e. The molecule has 5 rings (SSSR count). The molecule has 0 spiro atoms. The predicted octanol–water partition coefficient (Wildman–Crippen LogP) is 2.77. The average molecular weight is 383 g/mol. The summed E-state index contributed by atoms with van der Waals surface area (Å²) in [5.74, 6) is 0.907. The number of para-hydroxylation sites is 1. The zero-order valence-electron chi connectivity index (χ0n) is 15.5. The van der Waals surface area contributed by atoms with Crippen LogP contribution in [0.25, 0.3) is 21.8 Å². The molecular weight excluding hydrogens is 366 g/mol. The molecule has 2 atom stereocenters. The summed E-state index contributed by atoms with van der Waals surface area (Å²) in [6.45, 7) is 0.347. The van der Waals surface area contributed by atoms with E-state index in [9.17, 15) is 9.59 Å². The molecule has 0 N–H and O–H groups in total. The monoisotopic (exact) mass is 383 g/mol. The van der Waals surface area contributed by atoms with Gasteiger partial charge in [0.05, 0.1) is 49.9 Å². The highest BCUT2D eigenvalue weighted by molar-refractivity contribution is 6.02. The number of ether oxygens (including phenoxy) is 5. The van der Waals surface area contributed by atoms with Crippen LogP contribution in [0.3, 0.4) is 0 Å². The first-order valence-electron chi connectivity index (χ1n) is 8.75. The number of hydrogen-bond donors (Lipinski definition) is 0. The maximum atomic E-state index is 13.4. The second kappa shape index (κ2) is 5.79. The maximum absolute atomic E-state index is 13.4. The minimum Gasteiger partial charge on any atom is -0.492 e. The summed E-state index contributed by atoms with van der Waals surface area (Å²) in [5, 5.41) is 0.894. The van der Waals surface area contributed by atoms with Gasteiger partial charge in [0.15, 0.2) is 23.7 Å². The maximum Gasteiger partial charge on any atom is 0.509 e. The van der Waals surface area contributed by atoms with Crippen LogP contribution in [0.2, 0.25) is 0 Å². The van der Waals surface area contributed by atoms with E-state index in [4.69, 9.17) is 23.7 Å². The first-order valence-corrected chi connectivity index (χ1v) is 8.75. The number of carbonyl (C=O) groups excluding carboxylic acids is 1. The molecule has 2 aromatic carbocycles. The van der Waals surface area contributed by atoms with Gasteiger partial charge in [0.1, 0.15) is 0 Å². The highest BCUT2D eigenvalue weighted by atomic mass is 16.8. The average Bonchev–Trinajstić information content (AvgIpc) is 3.10. The van der Waals surface area contributed by atoms with Crippen LogP contribution in [0.15, 0.2) is 29.1 Å². The van der Waals surface area contributed by atoms with Crippen molar-refractivity contribution in [1.82, 2.24) is 4.57 Å². The standard InChI is InChI=1S/C20H17NO7/c1-24-17-12-14-13(18(25-2)19(17)26-3)16-11(27-20(23)28-16)8-21(14)10-7-5-4-6-9(10)15(12)22/h4-7,11,16H,8H2,1-3H3. The Kier molecular flexibility index (Phi) is 3.46. The molecule has 8 nitrogen and oxygen atoms in total. The molecule has 1 aromatic heterocycles. The van der Waals surface area contributed by atoms with Crippen LogP contribution < -0.4 is 19.6 Å². The molecule has 2 unspecified atom stereocenters. The molecule has 0 aliphatic carbocycles. The predicted molar refractivity (Wildman–Crippen MR) is 99.5 cm³/mol. The van der Waals surface area contributed by atoms with Gasteiger partial charge in [-0.05, 0) is 12.1 Å². The Labute approximate surface area is 159 Å². The van der Waals surface area contributed by atoms with Crippen molar-refractivity contribution in [2.75, 3.05) is 21.3 Å². The van der Waals surface area contributed by atoms with Crippen molar-refractivity contribution in [1.29, 1.82) is 0 Å². The largest absolute Gasteiger partial charge is 0.509 e. The van der Waals surface area contributed by atoms with Gasteiger partial charge in [-0.25, -0.2) is 4.79 Å². The molecule has 0 amide bonds. The van der Waals surface area contributed by atoms with Crippen LogP contribution in [-0.2, 0) is 16.0 Å². The summed E-state index contributed by atoms with van der Waals surface area (Å²) in [6.07, 6.45) is -1.99. The van der Waals surface area contributed by atoms with Gasteiger partial charge in [0.25, 0.3) is 0 Å². The fourth-order valence-electron chi connectivity index (χ4n) is 4.32. The van der Waals surface area contributed by atoms with Crippen molar-refractivity contribution in [2.45, 2.75) is 18.8 Å². The number of hydrogen-bond acceptors (Lipinski definition) is 7. The Hall–Kier alpha value is -3.42. The van der Waals surface area contributed by atoms with Crippen LogP contribution in [0, 0.1) is 0 Å². The van der Waals surface area contributed by atoms with Gasteiger partial charge < -0.3 is 28.3 Å². The number of methoxy groups -OCH3 is 3. The third-order valence-electron chi connectivity index (χ3n) is 5.38. The molecule has 0 saturated carbocycles. The normalized spacial score (nSPS) is 19.9. The molecule has 3 heterocycles. The van der Waals surface area contributed by atoms with Gasteiger partial charge >= 0.3 is 6.16 Å². The van der Waals surface area contributed by atoms with Crippen molar-refractivity contribution < 1.29 is 28.5 Å². The zero-order chi connectivity index (χ0) is 19.6. The van der Waals surface area contributed by atoms with Gasteiger partial charge in [0, 0.05) is 5.39 Å². The summed E-state index contributed by atoms with van der Waals surface area (Å²) in [4.78, 5) is 25.3. The Balaban J connectivity index is 2.07. The highest BCUT2D eigenvalue weighted by Gasteiger charge is 2.46. The van der Waals surface area contributed by atoms with Crippen molar-refractivity contribution >= 4 is 28.0 Å². The van der Waals surface area contributed by atoms with Crippen LogP contribution in [0.4, 0.5) is 4.79 Å². The summed E-state index contributed by atoms with van der Waals surface area (Å²) >= 11 is 0. The highest BCUT2D eigenvalue weighted by Crippen LogP contribution is 2.52. The lowest BCUT2D eigenvalue weighted by Gasteiger charge is -2.30. The van der Waals surface area contributed by atoms with E-state index in [0.29, 0.717) is 34.1 Å². The minimum absolute atomic E-state index is 0.190. The van der Waals surface area contributed by atoms with Gasteiger partial charge in [-0.15, -0.1) is 0 Å². The number of benzene rings is 2. The van der Waals surface area contributed by atoms with E-state index in [1.54, 1.807) is 12.1 Å². The molecule has 2 aliphatic rings. The van der Waals surface area contributed by atoms with E-state index in [1.807, 2.05) is 16.7 Å². The lowest BCUT2D eigenvalue weighted by atomic mass is 9.93. The zero-order valence-corrected chi connectivity index (χ0v) is 15.5. The summed E-state index contributed by atoms with van der Waals surface area (Å²) < 4.78 is 29.5. The lowest BCUT2D eigenvalue weighted by Crippen LogP contribution is -2.30. The number of nitrogens with zero attached hydrogens (tertiary/aromatic N) is 1. The molecule has 1 fully saturated rings. The second-order valence-electron chi connectivity index (χ2n) is 6.64. The number of fused-ring (bicyclic) bond motifs is 4. The number of rotatable bonds is 3. The third-order valence-corrected chi connectivity index (χ3v) is 5.38. The van der Waals surface area contributed by atoms with Crippen LogP contribution in [-0.4, -0.2) is 38.2 Å². The van der Waals surface area contributed by atoms with E-state index >= 15 is 0 Å². The Bertz CT molecular complexity index is 1210. The summed E-state index contributed by atoms with van der Waals surface area (Å²) in [7, 11) is 4.43. The van der Waals surface area contributed by atoms with E-state index in [1.165, 1.54) is 21.3 Å². The molecule has 144 valence electrons. The Morgan fingerprint density at radius 1 is 0.964 bits per heavy atom. The van der Waals surface area contributed by atoms with Crippen molar-refractivity contribution in [3.8, 4) is 17.2 Å². The molecule has 1 saturated heterocycles. The Morgan fingerprint density at radius 2 is 1.68 bits per heavy atom. The molecule has 8 heteroatoms. The molecular formula is C20H17NO7. The van der Waals surface area contributed by atoms with E-state index in [2.05, 4.69) is 0 Å². The van der Waals surface area contributed by atoms with E-state index in [-0.39, 0.29) is 16.9 Å². The first kappa shape index (κ1) is 16.7. The second-order valence-corrected chi connectivity index (χ2v) is 6.64. The van der Waals surface area contributed by atoms with Gasteiger partial charge in [-0.3, -0.25) is 4.79 Å². The van der Waals surface area contributed by atoms with Crippen LogP contribution >= 0.6 is 0 Å². The van der Waals surface area contributed by atoms with Crippen LogP contribution in [0.1, 0.15) is 11.7 Å². The fourth-order valence-corrected chi connectivity index (χ4v) is 4.32. The first-order chi connectivity index (χ1) is 13.6. The summed E-state index contributed by atoms with van der Waals surface area (Å²) in [5.41, 5.74) is 1.68. The summed E-state index contributed by atoms with van der Waals surface area (Å²) in [6, 6.07) is 7.29. The van der Waals surface area contributed by atoms with Crippen molar-refractivity contribution in [2.24, 2.45) is 0 Å². The Morgan fingerprint density at radius 3 is 2.39 bits per heavy atom. The quantitative estimate of drug-likeness (QED) is 0.508. The van der Waals surface area contributed by atoms with Crippen molar-refractivity contribution in [3.63, 3.8) is 0 Å². The van der Waals surface area contributed by atoms with Gasteiger partial charge in [0.2, 0.25) is 11.2 Å². The molecule has 2 aliphatic heterocycles. The minimum atomic E-state index is -0.750. The SMILES string of the molecule is COc1c(OC)c2c3c(c1OC)c(=O)c1ccccc1n3CC1OC(=O)OC21. The molecule has 0 radical (unpaired) electrons.